The van der Waals surface area contributed by atoms with Crippen molar-refractivity contribution in [3.63, 3.8) is 0 Å². The Hall–Kier alpha value is -2.35. The van der Waals surface area contributed by atoms with Crippen LogP contribution in [-0.2, 0) is 11.2 Å². The molecule has 2 aliphatic carbocycles. The van der Waals surface area contributed by atoms with Gasteiger partial charge < -0.3 is 5.11 Å². The fraction of sp³-hybridized carbons (Fsp3) is 0.286. The quantitative estimate of drug-likeness (QED) is 0.800. The van der Waals surface area contributed by atoms with Gasteiger partial charge in [-0.2, -0.15) is 0 Å². The van der Waals surface area contributed by atoms with E-state index in [-0.39, 0.29) is 17.3 Å². The standard InChI is InChI=1S/C21H22O2/c22-19(23)9-12-21(17-18-7-3-1-4-8-18)15-13-20(14-16-21)10-5-2-6-11-20/h1,3-8,10-11,13-16H,2,9,12,17H2,(H,22,23). The zero-order valence-corrected chi connectivity index (χ0v) is 13.2. The van der Waals surface area contributed by atoms with Crippen molar-refractivity contribution in [3.05, 3.63) is 84.5 Å². The molecule has 0 bridgehead atoms. The van der Waals surface area contributed by atoms with E-state index >= 15 is 0 Å². The Morgan fingerprint density at radius 2 is 1.61 bits per heavy atom. The van der Waals surface area contributed by atoms with Gasteiger partial charge in [0.15, 0.2) is 0 Å². The lowest BCUT2D eigenvalue weighted by Gasteiger charge is -2.35. The molecule has 3 rings (SSSR count). The largest absolute Gasteiger partial charge is 0.481 e. The van der Waals surface area contributed by atoms with Gasteiger partial charge in [-0.15, -0.1) is 0 Å². The third-order valence-electron chi connectivity index (χ3n) is 4.67. The number of hydrogen-bond acceptors (Lipinski definition) is 1. The summed E-state index contributed by atoms with van der Waals surface area (Å²) in [6.45, 7) is 0. The molecule has 0 radical (unpaired) electrons. The molecule has 0 saturated carbocycles. The van der Waals surface area contributed by atoms with Crippen molar-refractivity contribution in [2.45, 2.75) is 25.7 Å². The van der Waals surface area contributed by atoms with Crippen molar-refractivity contribution in [2.24, 2.45) is 10.8 Å². The van der Waals surface area contributed by atoms with E-state index in [4.69, 9.17) is 5.11 Å². The molecule has 1 aromatic rings. The van der Waals surface area contributed by atoms with E-state index in [9.17, 15) is 4.79 Å². The second-order valence-electron chi connectivity index (χ2n) is 6.50. The van der Waals surface area contributed by atoms with E-state index in [2.05, 4.69) is 60.7 Å². The summed E-state index contributed by atoms with van der Waals surface area (Å²) in [5.41, 5.74) is 0.893. The fourth-order valence-electron chi connectivity index (χ4n) is 3.32. The molecule has 1 N–H and O–H groups in total. The molecule has 23 heavy (non-hydrogen) atoms. The zero-order chi connectivity index (χ0) is 16.2. The van der Waals surface area contributed by atoms with E-state index < -0.39 is 5.97 Å². The number of benzene rings is 1. The molecule has 0 atom stereocenters. The van der Waals surface area contributed by atoms with Gasteiger partial charge in [-0.25, -0.2) is 0 Å². The maximum Gasteiger partial charge on any atom is 0.303 e. The predicted molar refractivity (Wildman–Crippen MR) is 93.1 cm³/mol. The van der Waals surface area contributed by atoms with Crippen molar-refractivity contribution in [2.75, 3.05) is 0 Å². The van der Waals surface area contributed by atoms with Crippen molar-refractivity contribution in [1.82, 2.24) is 0 Å². The number of carboxylic acid groups (broad SMARTS) is 1. The Bertz CT molecular complexity index is 649. The first-order valence-corrected chi connectivity index (χ1v) is 8.13. The van der Waals surface area contributed by atoms with Crippen LogP contribution in [0.4, 0.5) is 0 Å². The summed E-state index contributed by atoms with van der Waals surface area (Å²) in [7, 11) is 0. The fourth-order valence-corrected chi connectivity index (χ4v) is 3.32. The lowest BCUT2D eigenvalue weighted by molar-refractivity contribution is -0.137. The maximum absolute atomic E-state index is 11.1. The average Bonchev–Trinajstić information content (AvgIpc) is 2.58. The second-order valence-corrected chi connectivity index (χ2v) is 6.50. The van der Waals surface area contributed by atoms with E-state index in [1.807, 2.05) is 18.2 Å². The third kappa shape index (κ3) is 3.70. The molecule has 0 saturated heterocycles. The summed E-state index contributed by atoms with van der Waals surface area (Å²) < 4.78 is 0. The van der Waals surface area contributed by atoms with Gasteiger partial charge in [-0.3, -0.25) is 4.79 Å². The molecule has 2 heteroatoms. The summed E-state index contributed by atoms with van der Waals surface area (Å²) >= 11 is 0. The van der Waals surface area contributed by atoms with Gasteiger partial charge >= 0.3 is 5.97 Å². The van der Waals surface area contributed by atoms with Gasteiger partial charge in [0.05, 0.1) is 0 Å². The number of carboxylic acids is 1. The molecule has 1 aromatic carbocycles. The van der Waals surface area contributed by atoms with Crippen molar-refractivity contribution in [3.8, 4) is 0 Å². The topological polar surface area (TPSA) is 37.3 Å². The molecule has 0 amide bonds. The first-order chi connectivity index (χ1) is 11.1. The summed E-state index contributed by atoms with van der Waals surface area (Å²) in [4.78, 5) is 11.1. The molecule has 1 spiro atoms. The summed E-state index contributed by atoms with van der Waals surface area (Å²) in [6, 6.07) is 10.3. The molecule has 0 unspecified atom stereocenters. The average molecular weight is 306 g/mol. The van der Waals surface area contributed by atoms with Crippen molar-refractivity contribution in [1.29, 1.82) is 0 Å². The summed E-state index contributed by atoms with van der Waals surface area (Å²) in [5, 5.41) is 9.10. The zero-order valence-electron chi connectivity index (χ0n) is 13.2. The Labute approximate surface area is 137 Å². The van der Waals surface area contributed by atoms with Gasteiger partial charge in [-0.05, 0) is 24.8 Å². The normalized spacial score (nSPS) is 20.0. The molecule has 2 nitrogen and oxygen atoms in total. The van der Waals surface area contributed by atoms with Crippen molar-refractivity contribution < 1.29 is 9.90 Å². The predicted octanol–water partition coefficient (Wildman–Crippen LogP) is 4.71. The van der Waals surface area contributed by atoms with Crippen LogP contribution in [0.5, 0.6) is 0 Å². The van der Waals surface area contributed by atoms with E-state index in [1.54, 1.807) is 0 Å². The number of carbonyl (C=O) groups is 1. The number of aliphatic carboxylic acids is 1. The monoisotopic (exact) mass is 306 g/mol. The molecule has 2 aliphatic rings. The van der Waals surface area contributed by atoms with Crippen LogP contribution in [0.25, 0.3) is 0 Å². The Balaban J connectivity index is 1.85. The second kappa shape index (κ2) is 6.41. The van der Waals surface area contributed by atoms with E-state index in [1.165, 1.54) is 5.56 Å². The van der Waals surface area contributed by atoms with Crippen LogP contribution in [-0.4, -0.2) is 11.1 Å². The molecule has 0 fully saturated rings. The van der Waals surface area contributed by atoms with E-state index in [0.29, 0.717) is 6.42 Å². The summed E-state index contributed by atoms with van der Waals surface area (Å²) in [5.74, 6) is -0.739. The highest BCUT2D eigenvalue weighted by Crippen LogP contribution is 2.41. The van der Waals surface area contributed by atoms with Crippen LogP contribution in [0.3, 0.4) is 0 Å². The minimum Gasteiger partial charge on any atom is -0.481 e. The van der Waals surface area contributed by atoms with Gasteiger partial charge in [0.2, 0.25) is 0 Å². The molecular weight excluding hydrogens is 284 g/mol. The number of allylic oxidation sites excluding steroid dienone is 8. The first kappa shape index (κ1) is 15.5. The van der Waals surface area contributed by atoms with E-state index in [0.717, 1.165) is 12.8 Å². The Morgan fingerprint density at radius 1 is 0.957 bits per heavy atom. The Kier molecular flexibility index (Phi) is 4.33. The number of hydrogen-bond donors (Lipinski definition) is 1. The van der Waals surface area contributed by atoms with Crippen LogP contribution < -0.4 is 0 Å². The van der Waals surface area contributed by atoms with Crippen LogP contribution in [0.1, 0.15) is 24.8 Å². The maximum atomic E-state index is 11.1. The van der Waals surface area contributed by atoms with Crippen LogP contribution in [0, 0.1) is 10.8 Å². The SMILES string of the molecule is O=C(O)CCC1(Cc2ccccc2)C=CC2(C=CCC=C2)C=C1. The molecular formula is C21H22O2. The van der Waals surface area contributed by atoms with Gasteiger partial charge in [0.25, 0.3) is 0 Å². The lowest BCUT2D eigenvalue weighted by atomic mass is 9.69. The molecule has 0 aliphatic heterocycles. The molecule has 0 heterocycles. The van der Waals surface area contributed by atoms with Gasteiger partial charge in [-0.1, -0.05) is 78.9 Å². The summed E-state index contributed by atoms with van der Waals surface area (Å²) in [6.07, 6.45) is 20.2. The third-order valence-corrected chi connectivity index (χ3v) is 4.67. The van der Waals surface area contributed by atoms with Crippen LogP contribution in [0.15, 0.2) is 78.9 Å². The van der Waals surface area contributed by atoms with Crippen LogP contribution in [0.2, 0.25) is 0 Å². The highest BCUT2D eigenvalue weighted by molar-refractivity contribution is 5.66. The molecule has 118 valence electrons. The highest BCUT2D eigenvalue weighted by Gasteiger charge is 2.32. The smallest absolute Gasteiger partial charge is 0.303 e. The minimum absolute atomic E-state index is 0.123. The van der Waals surface area contributed by atoms with Gasteiger partial charge in [0, 0.05) is 17.3 Å². The lowest BCUT2D eigenvalue weighted by Crippen LogP contribution is -2.26. The van der Waals surface area contributed by atoms with Crippen molar-refractivity contribution >= 4 is 5.97 Å². The Morgan fingerprint density at radius 3 is 2.22 bits per heavy atom. The number of rotatable bonds is 5. The highest BCUT2D eigenvalue weighted by atomic mass is 16.4. The molecule has 0 aromatic heterocycles. The first-order valence-electron chi connectivity index (χ1n) is 8.13. The minimum atomic E-state index is -0.739. The van der Waals surface area contributed by atoms with Gasteiger partial charge in [0.1, 0.15) is 0 Å². The van der Waals surface area contributed by atoms with Crippen LogP contribution >= 0.6 is 0 Å².